The average Bonchev–Trinajstić information content (AvgIpc) is 2.87. The van der Waals surface area contributed by atoms with Gasteiger partial charge < -0.3 is 15.2 Å². The van der Waals surface area contributed by atoms with Crippen molar-refractivity contribution < 1.29 is 9.84 Å². The quantitative estimate of drug-likeness (QED) is 0.799. The number of aromatic nitrogens is 2. The third kappa shape index (κ3) is 3.99. The number of hydrogen-bond donors (Lipinski definition) is 2. The van der Waals surface area contributed by atoms with Crippen LogP contribution in [-0.4, -0.2) is 28.1 Å². The third-order valence-corrected chi connectivity index (χ3v) is 2.69. The fourth-order valence-corrected chi connectivity index (χ4v) is 1.75. The average molecular weight is 261 g/mol. The molecule has 5 heteroatoms. The van der Waals surface area contributed by atoms with E-state index in [1.807, 2.05) is 37.4 Å². The molecule has 2 aromatic rings. The van der Waals surface area contributed by atoms with Gasteiger partial charge in [-0.25, -0.2) is 0 Å². The third-order valence-electron chi connectivity index (χ3n) is 2.69. The molecule has 2 N–H and O–H groups in total. The Morgan fingerprint density at radius 2 is 2.11 bits per heavy atom. The topological polar surface area (TPSA) is 59.3 Å². The van der Waals surface area contributed by atoms with Gasteiger partial charge in [-0.3, -0.25) is 4.68 Å². The van der Waals surface area contributed by atoms with Gasteiger partial charge in [-0.05, 0) is 24.6 Å². The maximum absolute atomic E-state index is 8.81. The zero-order chi connectivity index (χ0) is 13.5. The van der Waals surface area contributed by atoms with Crippen LogP contribution in [-0.2, 0) is 13.1 Å². The predicted molar refractivity (Wildman–Crippen MR) is 74.3 cm³/mol. The Morgan fingerprint density at radius 1 is 1.32 bits per heavy atom. The zero-order valence-corrected chi connectivity index (χ0v) is 11.0. The van der Waals surface area contributed by atoms with E-state index in [4.69, 9.17) is 9.84 Å². The summed E-state index contributed by atoms with van der Waals surface area (Å²) in [6, 6.07) is 8.01. The van der Waals surface area contributed by atoms with E-state index >= 15 is 0 Å². The summed E-state index contributed by atoms with van der Waals surface area (Å²) in [5.41, 5.74) is 2.13. The molecule has 2 rings (SSSR count). The zero-order valence-electron chi connectivity index (χ0n) is 11.0. The predicted octanol–water partition coefficient (Wildman–Crippen LogP) is 1.89. The molecule has 1 aromatic heterocycles. The smallest absolute Gasteiger partial charge is 0.119 e. The first-order valence-corrected chi connectivity index (χ1v) is 6.40. The number of benzene rings is 1. The minimum absolute atomic E-state index is 0.0972. The van der Waals surface area contributed by atoms with Crippen molar-refractivity contribution >= 4 is 5.69 Å². The van der Waals surface area contributed by atoms with Crippen molar-refractivity contribution in [2.24, 2.45) is 0 Å². The fraction of sp³-hybridized carbons (Fsp3) is 0.357. The van der Waals surface area contributed by atoms with Gasteiger partial charge in [0.15, 0.2) is 0 Å². The Labute approximate surface area is 112 Å². The highest BCUT2D eigenvalue weighted by molar-refractivity contribution is 5.39. The van der Waals surface area contributed by atoms with E-state index in [9.17, 15) is 0 Å². The highest BCUT2D eigenvalue weighted by Gasteiger charge is 1.99. The van der Waals surface area contributed by atoms with Crippen LogP contribution in [0.5, 0.6) is 5.75 Å². The van der Waals surface area contributed by atoms with E-state index in [0.29, 0.717) is 13.2 Å². The summed E-state index contributed by atoms with van der Waals surface area (Å²) in [7, 11) is 0. The standard InChI is InChI=1S/C14H19N3O2/c1-2-19-14-5-3-12(4-6-14)9-15-13-10-16-17(11-13)7-8-18/h3-6,10-11,15,18H,2,7-9H2,1H3. The summed E-state index contributed by atoms with van der Waals surface area (Å²) in [5.74, 6) is 0.891. The summed E-state index contributed by atoms with van der Waals surface area (Å²) in [5, 5.41) is 16.2. The first kappa shape index (κ1) is 13.4. The van der Waals surface area contributed by atoms with Crippen LogP contribution in [0.4, 0.5) is 5.69 Å². The SMILES string of the molecule is CCOc1ccc(CNc2cnn(CCO)c2)cc1. The normalized spacial score (nSPS) is 10.4. The molecule has 0 saturated heterocycles. The van der Waals surface area contributed by atoms with Crippen LogP contribution >= 0.6 is 0 Å². The molecule has 1 heterocycles. The van der Waals surface area contributed by atoms with Crippen molar-refractivity contribution in [3.8, 4) is 5.75 Å². The van der Waals surface area contributed by atoms with E-state index < -0.39 is 0 Å². The molecular formula is C14H19N3O2. The molecule has 0 atom stereocenters. The van der Waals surface area contributed by atoms with Crippen molar-refractivity contribution in [3.05, 3.63) is 42.2 Å². The molecule has 0 fully saturated rings. The molecular weight excluding hydrogens is 242 g/mol. The van der Waals surface area contributed by atoms with E-state index in [-0.39, 0.29) is 6.61 Å². The Hall–Kier alpha value is -2.01. The lowest BCUT2D eigenvalue weighted by molar-refractivity contribution is 0.269. The molecule has 0 saturated carbocycles. The largest absolute Gasteiger partial charge is 0.494 e. The van der Waals surface area contributed by atoms with E-state index in [0.717, 1.165) is 18.0 Å². The van der Waals surface area contributed by atoms with Gasteiger partial charge in [0.25, 0.3) is 0 Å². The lowest BCUT2D eigenvalue weighted by Gasteiger charge is -2.06. The summed E-state index contributed by atoms with van der Waals surface area (Å²) in [6.45, 7) is 4.00. The minimum Gasteiger partial charge on any atom is -0.494 e. The second-order valence-corrected chi connectivity index (χ2v) is 4.15. The summed E-state index contributed by atoms with van der Waals surface area (Å²) in [4.78, 5) is 0. The molecule has 5 nitrogen and oxygen atoms in total. The van der Waals surface area contributed by atoms with Gasteiger partial charge in [-0.15, -0.1) is 0 Å². The van der Waals surface area contributed by atoms with Gasteiger partial charge in [0, 0.05) is 12.7 Å². The van der Waals surface area contributed by atoms with Crippen LogP contribution in [0.15, 0.2) is 36.7 Å². The number of aliphatic hydroxyl groups is 1. The van der Waals surface area contributed by atoms with Gasteiger partial charge in [-0.1, -0.05) is 12.1 Å². The Balaban J connectivity index is 1.86. The number of ether oxygens (including phenoxy) is 1. The van der Waals surface area contributed by atoms with E-state index in [1.54, 1.807) is 10.9 Å². The van der Waals surface area contributed by atoms with Gasteiger partial charge in [0.05, 0.1) is 31.6 Å². The van der Waals surface area contributed by atoms with Crippen LogP contribution in [0, 0.1) is 0 Å². The molecule has 19 heavy (non-hydrogen) atoms. The molecule has 0 bridgehead atoms. The number of nitrogens with zero attached hydrogens (tertiary/aromatic N) is 2. The van der Waals surface area contributed by atoms with Gasteiger partial charge in [0.2, 0.25) is 0 Å². The van der Waals surface area contributed by atoms with Gasteiger partial charge in [-0.2, -0.15) is 5.10 Å². The molecule has 102 valence electrons. The lowest BCUT2D eigenvalue weighted by Crippen LogP contribution is -2.02. The second-order valence-electron chi connectivity index (χ2n) is 4.15. The van der Waals surface area contributed by atoms with Crippen LogP contribution in [0.1, 0.15) is 12.5 Å². The van der Waals surface area contributed by atoms with E-state index in [2.05, 4.69) is 10.4 Å². The second kappa shape index (κ2) is 6.80. The van der Waals surface area contributed by atoms with Crippen molar-refractivity contribution in [3.63, 3.8) is 0 Å². The van der Waals surface area contributed by atoms with Crippen LogP contribution in [0.25, 0.3) is 0 Å². The Morgan fingerprint density at radius 3 is 2.79 bits per heavy atom. The first-order valence-electron chi connectivity index (χ1n) is 6.40. The molecule has 0 aliphatic carbocycles. The van der Waals surface area contributed by atoms with Crippen LogP contribution < -0.4 is 10.1 Å². The maximum Gasteiger partial charge on any atom is 0.119 e. The van der Waals surface area contributed by atoms with Crippen LogP contribution in [0.3, 0.4) is 0 Å². The summed E-state index contributed by atoms with van der Waals surface area (Å²) < 4.78 is 7.11. The fourth-order valence-electron chi connectivity index (χ4n) is 1.75. The molecule has 0 spiro atoms. The van der Waals surface area contributed by atoms with Crippen molar-refractivity contribution in [1.29, 1.82) is 0 Å². The van der Waals surface area contributed by atoms with E-state index in [1.165, 1.54) is 5.56 Å². The molecule has 0 aliphatic rings. The molecule has 1 aromatic carbocycles. The summed E-state index contributed by atoms with van der Waals surface area (Å²) >= 11 is 0. The van der Waals surface area contributed by atoms with Gasteiger partial charge >= 0.3 is 0 Å². The molecule has 0 unspecified atom stereocenters. The first-order chi connectivity index (χ1) is 9.31. The molecule has 0 radical (unpaired) electrons. The monoisotopic (exact) mass is 261 g/mol. The van der Waals surface area contributed by atoms with Crippen molar-refractivity contribution in [1.82, 2.24) is 9.78 Å². The van der Waals surface area contributed by atoms with Crippen molar-refractivity contribution in [2.75, 3.05) is 18.5 Å². The Bertz CT molecular complexity index is 494. The lowest BCUT2D eigenvalue weighted by atomic mass is 10.2. The number of rotatable bonds is 7. The molecule has 0 aliphatic heterocycles. The van der Waals surface area contributed by atoms with Gasteiger partial charge in [0.1, 0.15) is 5.75 Å². The number of hydrogen-bond acceptors (Lipinski definition) is 4. The van der Waals surface area contributed by atoms with Crippen LogP contribution in [0.2, 0.25) is 0 Å². The molecule has 0 amide bonds. The Kier molecular flexibility index (Phi) is 4.80. The number of aliphatic hydroxyl groups excluding tert-OH is 1. The summed E-state index contributed by atoms with van der Waals surface area (Å²) in [6.07, 6.45) is 3.63. The highest BCUT2D eigenvalue weighted by Crippen LogP contribution is 2.13. The minimum atomic E-state index is 0.0972. The number of anilines is 1. The van der Waals surface area contributed by atoms with Crippen molar-refractivity contribution in [2.45, 2.75) is 20.0 Å². The highest BCUT2D eigenvalue weighted by atomic mass is 16.5. The number of nitrogens with one attached hydrogen (secondary N) is 1. The maximum atomic E-state index is 8.81.